The van der Waals surface area contributed by atoms with Crippen LogP contribution in [0, 0.1) is 5.92 Å². The fraction of sp³-hybridized carbons (Fsp3) is 0.611. The average Bonchev–Trinajstić information content (AvgIpc) is 2.67. The lowest BCUT2D eigenvalue weighted by Crippen LogP contribution is -2.45. The molecule has 0 bridgehead atoms. The number of amides is 1. The molecule has 0 spiro atoms. The highest BCUT2D eigenvalue weighted by Crippen LogP contribution is 2.29. The van der Waals surface area contributed by atoms with Gasteiger partial charge >= 0.3 is 0 Å². The number of benzene rings is 1. The van der Waals surface area contributed by atoms with Crippen molar-refractivity contribution in [2.24, 2.45) is 5.92 Å². The van der Waals surface area contributed by atoms with Gasteiger partial charge in [0, 0.05) is 38.4 Å². The van der Waals surface area contributed by atoms with Gasteiger partial charge in [-0.25, -0.2) is 16.8 Å². The third-order valence-electron chi connectivity index (χ3n) is 5.34. The van der Waals surface area contributed by atoms with E-state index in [1.165, 1.54) is 28.6 Å². The van der Waals surface area contributed by atoms with E-state index in [0.717, 1.165) is 38.6 Å². The van der Waals surface area contributed by atoms with Crippen LogP contribution in [-0.4, -0.2) is 64.4 Å². The number of sulfone groups is 1. The van der Waals surface area contributed by atoms with Crippen LogP contribution in [0.15, 0.2) is 34.1 Å². The Labute approximate surface area is 161 Å². The van der Waals surface area contributed by atoms with Gasteiger partial charge in [0.2, 0.25) is 15.9 Å². The Balaban J connectivity index is 1.73. The van der Waals surface area contributed by atoms with Crippen molar-refractivity contribution in [3.8, 4) is 0 Å². The molecule has 3 rings (SSSR count). The van der Waals surface area contributed by atoms with Crippen LogP contribution in [-0.2, 0) is 24.7 Å². The van der Waals surface area contributed by atoms with E-state index in [4.69, 9.17) is 0 Å². The molecule has 27 heavy (non-hydrogen) atoms. The van der Waals surface area contributed by atoms with E-state index in [1.807, 2.05) is 4.90 Å². The van der Waals surface area contributed by atoms with E-state index < -0.39 is 19.9 Å². The minimum absolute atomic E-state index is 0.128. The number of sulfonamides is 1. The monoisotopic (exact) mass is 414 g/mol. The third-order valence-corrected chi connectivity index (χ3v) is 8.58. The Kier molecular flexibility index (Phi) is 5.93. The molecule has 2 fully saturated rings. The van der Waals surface area contributed by atoms with Crippen molar-refractivity contribution in [1.82, 2.24) is 9.21 Å². The maximum atomic E-state index is 13.0. The Morgan fingerprint density at radius 3 is 2.00 bits per heavy atom. The van der Waals surface area contributed by atoms with Gasteiger partial charge in [0.25, 0.3) is 0 Å². The zero-order valence-electron chi connectivity index (χ0n) is 15.5. The van der Waals surface area contributed by atoms with Crippen molar-refractivity contribution in [2.75, 3.05) is 32.4 Å². The first-order valence-electron chi connectivity index (χ1n) is 9.29. The summed E-state index contributed by atoms with van der Waals surface area (Å²) in [6, 6.07) is 5.68. The number of nitrogens with zero attached hydrogens (tertiary/aromatic N) is 2. The number of likely N-dealkylation sites (tertiary alicyclic amines) is 1. The number of carbonyl (C=O) groups is 1. The second kappa shape index (κ2) is 7.89. The minimum atomic E-state index is -3.92. The van der Waals surface area contributed by atoms with Crippen LogP contribution in [0.2, 0.25) is 0 Å². The Bertz CT molecular complexity index is 897. The maximum Gasteiger partial charge on any atom is 0.244 e. The van der Waals surface area contributed by atoms with Gasteiger partial charge in [0.1, 0.15) is 4.90 Å². The summed E-state index contributed by atoms with van der Waals surface area (Å²) in [5.41, 5.74) is 0. The molecule has 2 heterocycles. The Morgan fingerprint density at radius 2 is 1.44 bits per heavy atom. The van der Waals surface area contributed by atoms with Crippen LogP contribution in [0.3, 0.4) is 0 Å². The van der Waals surface area contributed by atoms with E-state index in [0.29, 0.717) is 12.8 Å². The van der Waals surface area contributed by atoms with Gasteiger partial charge in [-0.05, 0) is 44.2 Å². The van der Waals surface area contributed by atoms with E-state index in [1.54, 1.807) is 0 Å². The van der Waals surface area contributed by atoms with Crippen LogP contribution < -0.4 is 0 Å². The summed E-state index contributed by atoms with van der Waals surface area (Å²) in [5, 5.41) is 0. The van der Waals surface area contributed by atoms with E-state index in [-0.39, 0.29) is 34.7 Å². The van der Waals surface area contributed by atoms with E-state index in [2.05, 4.69) is 0 Å². The van der Waals surface area contributed by atoms with E-state index in [9.17, 15) is 21.6 Å². The summed E-state index contributed by atoms with van der Waals surface area (Å²) in [4.78, 5) is 14.2. The molecule has 1 aromatic rings. The molecule has 0 radical (unpaired) electrons. The van der Waals surface area contributed by atoms with Crippen molar-refractivity contribution in [1.29, 1.82) is 0 Å². The van der Waals surface area contributed by atoms with E-state index >= 15 is 0 Å². The number of carbonyl (C=O) groups excluding carboxylic acids is 1. The number of hydrogen-bond acceptors (Lipinski definition) is 5. The second-order valence-electron chi connectivity index (χ2n) is 7.28. The van der Waals surface area contributed by atoms with Crippen molar-refractivity contribution < 1.29 is 21.6 Å². The summed E-state index contributed by atoms with van der Waals surface area (Å²) in [7, 11) is -7.58. The molecule has 0 saturated carbocycles. The fourth-order valence-electron chi connectivity index (χ4n) is 3.82. The highest BCUT2D eigenvalue weighted by molar-refractivity contribution is 7.93. The first-order chi connectivity index (χ1) is 12.7. The molecule has 0 N–H and O–H groups in total. The summed E-state index contributed by atoms with van der Waals surface area (Å²) < 4.78 is 51.2. The zero-order chi connectivity index (χ0) is 19.7. The number of rotatable bonds is 4. The molecule has 0 aromatic heterocycles. The summed E-state index contributed by atoms with van der Waals surface area (Å²) in [5.74, 6) is -0.0250. The lowest BCUT2D eigenvalue weighted by molar-refractivity contribution is -0.137. The molecule has 0 aliphatic carbocycles. The molecule has 150 valence electrons. The van der Waals surface area contributed by atoms with Gasteiger partial charge < -0.3 is 4.90 Å². The lowest BCUT2D eigenvalue weighted by Gasteiger charge is -2.35. The third kappa shape index (κ3) is 4.35. The topological polar surface area (TPSA) is 91.8 Å². The molecule has 0 atom stereocenters. The molecule has 0 unspecified atom stereocenters. The lowest BCUT2D eigenvalue weighted by atomic mass is 9.95. The van der Waals surface area contributed by atoms with Crippen LogP contribution in [0.5, 0.6) is 0 Å². The molecule has 1 aromatic carbocycles. The first-order valence-corrected chi connectivity index (χ1v) is 12.6. The van der Waals surface area contributed by atoms with Crippen LogP contribution >= 0.6 is 0 Å². The quantitative estimate of drug-likeness (QED) is 0.745. The molecule has 9 heteroatoms. The molecular formula is C18H26N2O5S2. The molecule has 2 aliphatic rings. The van der Waals surface area contributed by atoms with Crippen molar-refractivity contribution >= 4 is 25.8 Å². The Morgan fingerprint density at radius 1 is 0.889 bits per heavy atom. The standard InChI is InChI=1S/C18H26N2O5S2/c1-26(22,23)16-7-3-4-8-17(16)27(24,25)20-13-9-15(10-14-20)18(21)19-11-5-2-6-12-19/h3-4,7-8,15H,2,5-6,9-14H2,1H3. The highest BCUT2D eigenvalue weighted by Gasteiger charge is 2.35. The molecule has 2 saturated heterocycles. The smallest absolute Gasteiger partial charge is 0.244 e. The number of hydrogen-bond donors (Lipinski definition) is 0. The average molecular weight is 415 g/mol. The van der Waals surface area contributed by atoms with Crippen LogP contribution in [0.25, 0.3) is 0 Å². The van der Waals surface area contributed by atoms with Crippen LogP contribution in [0.4, 0.5) is 0 Å². The Hall–Kier alpha value is -1.45. The largest absolute Gasteiger partial charge is 0.342 e. The maximum absolute atomic E-state index is 13.0. The molecule has 2 aliphatic heterocycles. The van der Waals surface area contributed by atoms with Crippen molar-refractivity contribution in [3.05, 3.63) is 24.3 Å². The summed E-state index contributed by atoms with van der Waals surface area (Å²) >= 11 is 0. The SMILES string of the molecule is CS(=O)(=O)c1ccccc1S(=O)(=O)N1CCC(C(=O)N2CCCCC2)CC1. The normalized spacial score (nSPS) is 20.6. The van der Waals surface area contributed by atoms with Crippen molar-refractivity contribution in [2.45, 2.75) is 41.9 Å². The van der Waals surface area contributed by atoms with Gasteiger partial charge in [-0.1, -0.05) is 12.1 Å². The van der Waals surface area contributed by atoms with Crippen molar-refractivity contribution in [3.63, 3.8) is 0 Å². The van der Waals surface area contributed by atoms with Gasteiger partial charge in [-0.2, -0.15) is 4.31 Å². The predicted octanol–water partition coefficient (Wildman–Crippen LogP) is 1.50. The number of piperidine rings is 2. The van der Waals surface area contributed by atoms with Gasteiger partial charge in [0.15, 0.2) is 9.84 Å². The zero-order valence-corrected chi connectivity index (χ0v) is 17.1. The summed E-state index contributed by atoms with van der Waals surface area (Å²) in [6.45, 7) is 2.04. The van der Waals surface area contributed by atoms with Gasteiger partial charge in [-0.3, -0.25) is 4.79 Å². The fourth-order valence-corrected chi connectivity index (χ4v) is 6.90. The highest BCUT2D eigenvalue weighted by atomic mass is 32.2. The first kappa shape index (κ1) is 20.3. The van der Waals surface area contributed by atoms with Crippen LogP contribution in [0.1, 0.15) is 32.1 Å². The summed E-state index contributed by atoms with van der Waals surface area (Å²) in [6.07, 6.45) is 5.15. The predicted molar refractivity (Wildman–Crippen MR) is 101 cm³/mol. The second-order valence-corrected chi connectivity index (χ2v) is 11.2. The van der Waals surface area contributed by atoms with Gasteiger partial charge in [0.05, 0.1) is 4.90 Å². The van der Waals surface area contributed by atoms with Gasteiger partial charge in [-0.15, -0.1) is 0 Å². The molecule has 7 nitrogen and oxygen atoms in total. The molecular weight excluding hydrogens is 388 g/mol. The minimum Gasteiger partial charge on any atom is -0.342 e. The molecule has 1 amide bonds.